The van der Waals surface area contributed by atoms with Crippen LogP contribution in [0.3, 0.4) is 0 Å². The number of nitriles is 1. The molecule has 1 aromatic rings. The van der Waals surface area contributed by atoms with Gasteiger partial charge in [0.25, 0.3) is 0 Å². The summed E-state index contributed by atoms with van der Waals surface area (Å²) in [6.45, 7) is 0. The molecule has 0 fully saturated rings. The van der Waals surface area contributed by atoms with Gasteiger partial charge in [0.15, 0.2) is 0 Å². The molecule has 0 aromatic heterocycles. The van der Waals surface area contributed by atoms with Gasteiger partial charge in [0.1, 0.15) is 5.75 Å². The molecule has 0 spiro atoms. The Morgan fingerprint density at radius 1 is 1.60 bits per heavy atom. The first kappa shape index (κ1) is 11.1. The average molecular weight is 204 g/mol. The molecule has 78 valence electrons. The van der Waals surface area contributed by atoms with Crippen molar-refractivity contribution < 1.29 is 9.53 Å². The van der Waals surface area contributed by atoms with Gasteiger partial charge in [-0.3, -0.25) is 4.79 Å². The summed E-state index contributed by atoms with van der Waals surface area (Å²) in [7, 11) is 1.52. The van der Waals surface area contributed by atoms with Crippen LogP contribution >= 0.6 is 0 Å². The lowest BCUT2D eigenvalue weighted by atomic mass is 10.0. The van der Waals surface area contributed by atoms with E-state index in [1.807, 2.05) is 6.07 Å². The van der Waals surface area contributed by atoms with Crippen LogP contribution in [0.25, 0.3) is 0 Å². The van der Waals surface area contributed by atoms with Gasteiger partial charge in [-0.25, -0.2) is 0 Å². The second-order valence-electron chi connectivity index (χ2n) is 3.01. The molecular formula is C11H12N2O2. The molecule has 1 amide bonds. The molecule has 0 aliphatic heterocycles. The first-order valence-corrected chi connectivity index (χ1v) is 4.53. The summed E-state index contributed by atoms with van der Waals surface area (Å²) >= 11 is 0. The number of benzene rings is 1. The molecule has 4 nitrogen and oxygen atoms in total. The molecule has 0 unspecified atom stereocenters. The van der Waals surface area contributed by atoms with Gasteiger partial charge in [0.2, 0.25) is 5.91 Å². The summed E-state index contributed by atoms with van der Waals surface area (Å²) in [6.07, 6.45) is 0.805. The third-order valence-corrected chi connectivity index (χ3v) is 2.11. The molecule has 0 bridgehead atoms. The molecule has 0 radical (unpaired) electrons. The Balaban J connectivity index is 3.15. The number of rotatable bonds is 4. The normalized spacial score (nSPS) is 9.33. The highest BCUT2D eigenvalue weighted by Gasteiger charge is 2.12. The number of ether oxygens (including phenoxy) is 1. The standard InChI is InChI=1S/C11H12N2O2/c1-15-10-6-2-4-9(11(13)14)8(10)5-3-7-12/h2,4,6H,3,5H2,1H3,(H2,13,14). The van der Waals surface area contributed by atoms with Crippen LogP contribution in [0.15, 0.2) is 18.2 Å². The first-order chi connectivity index (χ1) is 7.20. The smallest absolute Gasteiger partial charge is 0.249 e. The van der Waals surface area contributed by atoms with E-state index in [4.69, 9.17) is 15.7 Å². The highest BCUT2D eigenvalue weighted by atomic mass is 16.5. The van der Waals surface area contributed by atoms with E-state index in [-0.39, 0.29) is 0 Å². The minimum Gasteiger partial charge on any atom is -0.496 e. The van der Waals surface area contributed by atoms with Gasteiger partial charge in [-0.2, -0.15) is 5.26 Å². The topological polar surface area (TPSA) is 76.1 Å². The maximum atomic E-state index is 11.1. The molecule has 0 aliphatic rings. The fraction of sp³-hybridized carbons (Fsp3) is 0.273. The van der Waals surface area contributed by atoms with Crippen molar-refractivity contribution in [2.75, 3.05) is 7.11 Å². The van der Waals surface area contributed by atoms with Gasteiger partial charge in [0, 0.05) is 17.5 Å². The van der Waals surface area contributed by atoms with Gasteiger partial charge >= 0.3 is 0 Å². The summed E-state index contributed by atoms with van der Waals surface area (Å²) in [4.78, 5) is 11.1. The quantitative estimate of drug-likeness (QED) is 0.801. The Morgan fingerprint density at radius 3 is 2.87 bits per heavy atom. The number of hydrogen-bond donors (Lipinski definition) is 1. The number of nitrogens with two attached hydrogens (primary N) is 1. The maximum absolute atomic E-state index is 11.1. The van der Waals surface area contributed by atoms with Crippen molar-refractivity contribution in [3.8, 4) is 11.8 Å². The van der Waals surface area contributed by atoms with Crippen molar-refractivity contribution in [1.29, 1.82) is 5.26 Å². The second kappa shape index (κ2) is 5.01. The van der Waals surface area contributed by atoms with Crippen LogP contribution in [-0.4, -0.2) is 13.0 Å². The molecule has 4 heteroatoms. The van der Waals surface area contributed by atoms with Crippen LogP contribution < -0.4 is 10.5 Å². The molecule has 15 heavy (non-hydrogen) atoms. The third-order valence-electron chi connectivity index (χ3n) is 2.11. The molecule has 1 rings (SSSR count). The Kier molecular flexibility index (Phi) is 3.69. The SMILES string of the molecule is COc1cccc(C(N)=O)c1CCC#N. The van der Waals surface area contributed by atoms with Crippen molar-refractivity contribution in [2.45, 2.75) is 12.8 Å². The monoisotopic (exact) mass is 204 g/mol. The van der Waals surface area contributed by atoms with Gasteiger partial charge in [-0.15, -0.1) is 0 Å². The maximum Gasteiger partial charge on any atom is 0.249 e. The zero-order valence-electron chi connectivity index (χ0n) is 8.49. The predicted octanol–water partition coefficient (Wildman–Crippen LogP) is 1.25. The Labute approximate surface area is 88.3 Å². The van der Waals surface area contributed by atoms with Gasteiger partial charge < -0.3 is 10.5 Å². The summed E-state index contributed by atoms with van der Waals surface area (Å²) in [5.74, 6) is 0.100. The van der Waals surface area contributed by atoms with Crippen molar-refractivity contribution in [2.24, 2.45) is 5.73 Å². The fourth-order valence-electron chi connectivity index (χ4n) is 1.43. The minimum atomic E-state index is -0.498. The van der Waals surface area contributed by atoms with Crippen molar-refractivity contribution >= 4 is 5.91 Å². The lowest BCUT2D eigenvalue weighted by Crippen LogP contribution is -2.14. The molecule has 1 aromatic carbocycles. The lowest BCUT2D eigenvalue weighted by molar-refractivity contribution is 0.0999. The van der Waals surface area contributed by atoms with E-state index >= 15 is 0 Å². The summed E-state index contributed by atoms with van der Waals surface area (Å²) in [6, 6.07) is 7.11. The number of nitrogens with zero attached hydrogens (tertiary/aromatic N) is 1. The first-order valence-electron chi connectivity index (χ1n) is 4.53. The van der Waals surface area contributed by atoms with E-state index < -0.39 is 5.91 Å². The van der Waals surface area contributed by atoms with E-state index in [0.717, 1.165) is 0 Å². The van der Waals surface area contributed by atoms with Gasteiger partial charge in [-0.05, 0) is 18.6 Å². The number of methoxy groups -OCH3 is 1. The van der Waals surface area contributed by atoms with Crippen molar-refractivity contribution in [3.05, 3.63) is 29.3 Å². The van der Waals surface area contributed by atoms with E-state index in [9.17, 15) is 4.79 Å². The molecular weight excluding hydrogens is 192 g/mol. The number of amides is 1. The highest BCUT2D eigenvalue weighted by Crippen LogP contribution is 2.23. The van der Waals surface area contributed by atoms with Gasteiger partial charge in [0.05, 0.1) is 13.2 Å². The minimum absolute atomic E-state index is 0.334. The summed E-state index contributed by atoms with van der Waals surface area (Å²) in [5.41, 5.74) is 6.36. The Bertz CT molecular complexity index is 408. The second-order valence-corrected chi connectivity index (χ2v) is 3.01. The zero-order chi connectivity index (χ0) is 11.3. The highest BCUT2D eigenvalue weighted by molar-refractivity contribution is 5.95. The summed E-state index contributed by atoms with van der Waals surface area (Å²) in [5, 5.41) is 8.51. The van der Waals surface area contributed by atoms with Crippen LogP contribution in [-0.2, 0) is 6.42 Å². The third kappa shape index (κ3) is 2.47. The molecule has 0 aliphatic carbocycles. The molecule has 0 heterocycles. The number of hydrogen-bond acceptors (Lipinski definition) is 3. The molecule has 0 atom stereocenters. The van der Waals surface area contributed by atoms with Crippen LogP contribution in [0.4, 0.5) is 0 Å². The Morgan fingerprint density at radius 2 is 2.33 bits per heavy atom. The number of carbonyl (C=O) groups is 1. The van der Waals surface area contributed by atoms with Crippen molar-refractivity contribution in [3.63, 3.8) is 0 Å². The van der Waals surface area contributed by atoms with Crippen LogP contribution in [0, 0.1) is 11.3 Å². The summed E-state index contributed by atoms with van der Waals surface area (Å²) < 4.78 is 5.12. The molecule has 0 saturated carbocycles. The van der Waals surface area contributed by atoms with Crippen molar-refractivity contribution in [1.82, 2.24) is 0 Å². The number of primary amides is 1. The predicted molar refractivity (Wildman–Crippen MR) is 55.4 cm³/mol. The van der Waals surface area contributed by atoms with E-state index in [0.29, 0.717) is 29.7 Å². The van der Waals surface area contributed by atoms with Gasteiger partial charge in [-0.1, -0.05) is 6.07 Å². The molecule has 2 N–H and O–H groups in total. The fourth-order valence-corrected chi connectivity index (χ4v) is 1.43. The van der Waals surface area contributed by atoms with E-state index in [2.05, 4.69) is 0 Å². The van der Waals surface area contributed by atoms with E-state index in [1.54, 1.807) is 18.2 Å². The molecule has 0 saturated heterocycles. The number of carbonyl (C=O) groups excluding carboxylic acids is 1. The zero-order valence-corrected chi connectivity index (χ0v) is 8.49. The van der Waals surface area contributed by atoms with Crippen LogP contribution in [0.1, 0.15) is 22.3 Å². The lowest BCUT2D eigenvalue weighted by Gasteiger charge is -2.10. The largest absolute Gasteiger partial charge is 0.496 e. The van der Waals surface area contributed by atoms with Crippen LogP contribution in [0.2, 0.25) is 0 Å². The Hall–Kier alpha value is -2.02. The van der Waals surface area contributed by atoms with E-state index in [1.165, 1.54) is 7.11 Å². The average Bonchev–Trinajstić information content (AvgIpc) is 2.25. The van der Waals surface area contributed by atoms with Crippen LogP contribution in [0.5, 0.6) is 5.75 Å².